The number of carbonyl (C=O) groups is 1. The van der Waals surface area contributed by atoms with Gasteiger partial charge < -0.3 is 15.0 Å². The Kier molecular flexibility index (Phi) is 4.04. The molecule has 1 aliphatic heterocycles. The Labute approximate surface area is 113 Å². The van der Waals surface area contributed by atoms with Gasteiger partial charge in [0.05, 0.1) is 5.69 Å². The molecule has 0 unspecified atom stereocenters. The van der Waals surface area contributed by atoms with Crippen molar-refractivity contribution in [1.29, 1.82) is 0 Å². The highest BCUT2D eigenvalue weighted by Gasteiger charge is 2.23. The molecule has 0 atom stereocenters. The first-order chi connectivity index (χ1) is 9.15. The van der Waals surface area contributed by atoms with Crippen molar-refractivity contribution in [2.24, 2.45) is 5.16 Å². The van der Waals surface area contributed by atoms with Gasteiger partial charge in [-0.25, -0.2) is 0 Å². The lowest BCUT2D eigenvalue weighted by Crippen LogP contribution is -2.37. The second-order valence-corrected chi connectivity index (χ2v) is 4.84. The summed E-state index contributed by atoms with van der Waals surface area (Å²) < 4.78 is 0. The fourth-order valence-electron chi connectivity index (χ4n) is 2.34. The van der Waals surface area contributed by atoms with Gasteiger partial charge in [0.15, 0.2) is 5.84 Å². The van der Waals surface area contributed by atoms with E-state index in [0.29, 0.717) is 12.3 Å². The lowest BCUT2D eigenvalue weighted by Gasteiger charge is -2.29. The van der Waals surface area contributed by atoms with Crippen molar-refractivity contribution in [2.45, 2.75) is 19.3 Å². The number of hydrogen-bond donors (Lipinski definition) is 1. The zero-order valence-corrected chi connectivity index (χ0v) is 11.3. The molecule has 0 spiro atoms. The summed E-state index contributed by atoms with van der Waals surface area (Å²) in [4.78, 5) is 15.6. The average molecular weight is 261 g/mol. The Morgan fingerprint density at radius 2 is 2.05 bits per heavy atom. The van der Waals surface area contributed by atoms with Crippen LogP contribution in [0.1, 0.15) is 24.8 Å². The molecule has 0 aliphatic carbocycles. The number of nitrogens with zero attached hydrogens (tertiary/aromatic N) is 3. The summed E-state index contributed by atoms with van der Waals surface area (Å²) in [6.45, 7) is 0.724. The summed E-state index contributed by atoms with van der Waals surface area (Å²) in [5, 5.41) is 12.5. The van der Waals surface area contributed by atoms with Crippen LogP contribution in [0.2, 0.25) is 0 Å². The highest BCUT2D eigenvalue weighted by atomic mass is 16.4. The summed E-state index contributed by atoms with van der Waals surface area (Å²) in [6, 6.07) is 7.53. The summed E-state index contributed by atoms with van der Waals surface area (Å²) in [6.07, 6.45) is 2.54. The number of oxime groups is 1. The zero-order valence-electron chi connectivity index (χ0n) is 11.3. The Balaban J connectivity index is 2.43. The maximum Gasteiger partial charge on any atom is 0.226 e. The summed E-state index contributed by atoms with van der Waals surface area (Å²) in [7, 11) is 3.62. The first kappa shape index (κ1) is 13.4. The van der Waals surface area contributed by atoms with Crippen LogP contribution in [0.25, 0.3) is 0 Å². The van der Waals surface area contributed by atoms with Crippen LogP contribution in [0.3, 0.4) is 0 Å². The molecule has 19 heavy (non-hydrogen) atoms. The molecular formula is C14H19N3O2. The van der Waals surface area contributed by atoms with E-state index in [9.17, 15) is 10.0 Å². The fourth-order valence-corrected chi connectivity index (χ4v) is 2.34. The minimum atomic E-state index is 0.134. The molecule has 0 bridgehead atoms. The minimum absolute atomic E-state index is 0.134. The van der Waals surface area contributed by atoms with Gasteiger partial charge in [0.1, 0.15) is 0 Å². The fraction of sp³-hybridized carbons (Fsp3) is 0.429. The molecule has 1 aliphatic rings. The van der Waals surface area contributed by atoms with Crippen LogP contribution in [-0.4, -0.2) is 42.5 Å². The van der Waals surface area contributed by atoms with Crippen molar-refractivity contribution >= 4 is 17.4 Å². The molecule has 2 rings (SSSR count). The quantitative estimate of drug-likeness (QED) is 0.383. The predicted molar refractivity (Wildman–Crippen MR) is 74.7 cm³/mol. The molecular weight excluding hydrogens is 242 g/mol. The lowest BCUT2D eigenvalue weighted by atomic mass is 10.1. The number of para-hydroxylation sites is 1. The standard InChI is InChI=1S/C14H19N3O2/c1-16(2)14(15-19)11-7-3-4-8-12(11)17-10-6-5-9-13(17)18/h3-4,7-8,19H,5-6,9-10H2,1-2H3/b15-14-. The van der Waals surface area contributed by atoms with Crippen LogP contribution in [0, 0.1) is 0 Å². The number of amides is 1. The van der Waals surface area contributed by atoms with Crippen LogP contribution in [-0.2, 0) is 4.79 Å². The number of amidine groups is 1. The van der Waals surface area contributed by atoms with E-state index < -0.39 is 0 Å². The lowest BCUT2D eigenvalue weighted by molar-refractivity contribution is -0.119. The third-order valence-corrected chi connectivity index (χ3v) is 3.28. The number of rotatable bonds is 2. The Morgan fingerprint density at radius 1 is 1.32 bits per heavy atom. The summed E-state index contributed by atoms with van der Waals surface area (Å²) in [5.74, 6) is 0.587. The number of anilines is 1. The van der Waals surface area contributed by atoms with Gasteiger partial charge in [0, 0.05) is 32.6 Å². The normalized spacial score (nSPS) is 16.6. The van der Waals surface area contributed by atoms with Gasteiger partial charge in [-0.2, -0.15) is 0 Å². The van der Waals surface area contributed by atoms with E-state index in [2.05, 4.69) is 5.16 Å². The molecule has 0 radical (unpaired) electrons. The molecule has 1 fully saturated rings. The molecule has 1 amide bonds. The van der Waals surface area contributed by atoms with Gasteiger partial charge in [-0.05, 0) is 25.0 Å². The molecule has 1 aromatic carbocycles. The monoisotopic (exact) mass is 261 g/mol. The molecule has 0 aromatic heterocycles. The number of benzene rings is 1. The van der Waals surface area contributed by atoms with Crippen LogP contribution in [0.5, 0.6) is 0 Å². The number of piperidine rings is 1. The minimum Gasteiger partial charge on any atom is -0.409 e. The van der Waals surface area contributed by atoms with Crippen LogP contribution >= 0.6 is 0 Å². The summed E-state index contributed by atoms with van der Waals surface area (Å²) in [5.41, 5.74) is 1.58. The third-order valence-electron chi connectivity index (χ3n) is 3.28. The number of hydrogen-bond acceptors (Lipinski definition) is 3. The van der Waals surface area contributed by atoms with E-state index in [4.69, 9.17) is 0 Å². The van der Waals surface area contributed by atoms with E-state index in [0.717, 1.165) is 30.6 Å². The first-order valence-electron chi connectivity index (χ1n) is 6.44. The average Bonchev–Trinajstić information content (AvgIpc) is 2.40. The van der Waals surface area contributed by atoms with Gasteiger partial charge in [0.2, 0.25) is 5.91 Å². The SMILES string of the molecule is CN(C)/C(=N\O)c1ccccc1N1CCCCC1=O. The Morgan fingerprint density at radius 3 is 2.68 bits per heavy atom. The van der Waals surface area contributed by atoms with Gasteiger partial charge >= 0.3 is 0 Å². The van der Waals surface area contributed by atoms with Crippen molar-refractivity contribution in [3.8, 4) is 0 Å². The maximum atomic E-state index is 12.0. The van der Waals surface area contributed by atoms with Crippen molar-refractivity contribution in [3.05, 3.63) is 29.8 Å². The smallest absolute Gasteiger partial charge is 0.226 e. The van der Waals surface area contributed by atoms with E-state index >= 15 is 0 Å². The van der Waals surface area contributed by atoms with Gasteiger partial charge in [-0.15, -0.1) is 0 Å². The van der Waals surface area contributed by atoms with Gasteiger partial charge in [-0.1, -0.05) is 17.3 Å². The van der Waals surface area contributed by atoms with Crippen molar-refractivity contribution in [2.75, 3.05) is 25.5 Å². The third kappa shape index (κ3) is 2.70. The maximum absolute atomic E-state index is 12.0. The molecule has 1 aromatic rings. The summed E-state index contributed by atoms with van der Waals surface area (Å²) >= 11 is 0. The second kappa shape index (κ2) is 5.73. The molecule has 0 saturated carbocycles. The molecule has 1 N–H and O–H groups in total. The van der Waals surface area contributed by atoms with E-state index in [1.165, 1.54) is 0 Å². The van der Waals surface area contributed by atoms with Gasteiger partial charge in [-0.3, -0.25) is 4.79 Å². The molecule has 102 valence electrons. The van der Waals surface area contributed by atoms with Gasteiger partial charge in [0.25, 0.3) is 0 Å². The van der Waals surface area contributed by atoms with Crippen LogP contribution in [0.15, 0.2) is 29.4 Å². The molecule has 5 nitrogen and oxygen atoms in total. The highest BCUT2D eigenvalue weighted by Crippen LogP contribution is 2.25. The van der Waals surface area contributed by atoms with Crippen molar-refractivity contribution in [3.63, 3.8) is 0 Å². The zero-order chi connectivity index (χ0) is 13.8. The molecule has 1 heterocycles. The van der Waals surface area contributed by atoms with Crippen LogP contribution in [0.4, 0.5) is 5.69 Å². The van der Waals surface area contributed by atoms with E-state index in [-0.39, 0.29) is 5.91 Å². The Bertz CT molecular complexity index is 497. The van der Waals surface area contributed by atoms with Crippen molar-refractivity contribution in [1.82, 2.24) is 4.90 Å². The molecule has 1 saturated heterocycles. The van der Waals surface area contributed by atoms with Crippen LogP contribution < -0.4 is 4.90 Å². The van der Waals surface area contributed by atoms with Crippen molar-refractivity contribution < 1.29 is 10.0 Å². The molecule has 5 heteroatoms. The first-order valence-corrected chi connectivity index (χ1v) is 6.44. The van der Waals surface area contributed by atoms with E-state index in [1.54, 1.807) is 9.80 Å². The van der Waals surface area contributed by atoms with E-state index in [1.807, 2.05) is 38.4 Å². The topological polar surface area (TPSA) is 56.1 Å². The second-order valence-electron chi connectivity index (χ2n) is 4.84. The Hall–Kier alpha value is -2.04. The highest BCUT2D eigenvalue weighted by molar-refractivity contribution is 6.07. The largest absolute Gasteiger partial charge is 0.409 e. The predicted octanol–water partition coefficient (Wildman–Crippen LogP) is 1.90. The number of carbonyl (C=O) groups excluding carboxylic acids is 1.